The molecule has 1 rings (SSSR count). The number of benzene rings is 1. The first-order valence-corrected chi connectivity index (χ1v) is 5.28. The van der Waals surface area contributed by atoms with Crippen molar-refractivity contribution in [2.24, 2.45) is 0 Å². The quantitative estimate of drug-likeness (QED) is 0.838. The number of rotatable bonds is 3. The molecule has 1 N–H and O–H groups in total. The number of carbonyl (C=O) groups is 2. The first-order valence-electron chi connectivity index (χ1n) is 4.90. The molecule has 0 heterocycles. The van der Waals surface area contributed by atoms with Gasteiger partial charge in [0.2, 0.25) is 5.91 Å². The highest BCUT2D eigenvalue weighted by atomic mass is 35.5. The van der Waals surface area contributed by atoms with Gasteiger partial charge in [-0.2, -0.15) is 0 Å². The smallest absolute Gasteiger partial charge is 0.254 e. The van der Waals surface area contributed by atoms with Crippen molar-refractivity contribution >= 4 is 29.1 Å². The number of nitrogens with zero attached hydrogens (tertiary/aromatic N) is 1. The van der Waals surface area contributed by atoms with Crippen molar-refractivity contribution in [2.75, 3.05) is 19.4 Å². The van der Waals surface area contributed by atoms with Crippen LogP contribution in [-0.2, 0) is 4.79 Å². The van der Waals surface area contributed by atoms with Crippen LogP contribution >= 0.6 is 11.6 Å². The van der Waals surface area contributed by atoms with Gasteiger partial charge in [-0.15, -0.1) is 0 Å². The Balaban J connectivity index is 3.06. The summed E-state index contributed by atoms with van der Waals surface area (Å²) in [5.41, 5.74) is 0.850. The largest absolute Gasteiger partial charge is 0.345 e. The molecular weight excluding hydrogens is 240 g/mol. The number of nitrogens with one attached hydrogen (secondary N) is 1. The van der Waals surface area contributed by atoms with Crippen molar-refractivity contribution in [1.29, 1.82) is 0 Å². The summed E-state index contributed by atoms with van der Waals surface area (Å²) in [4.78, 5) is 24.3. The Morgan fingerprint density at radius 3 is 2.59 bits per heavy atom. The highest BCUT2D eigenvalue weighted by Gasteiger charge is 2.13. The highest BCUT2D eigenvalue weighted by molar-refractivity contribution is 6.34. The first-order chi connectivity index (χ1) is 7.95. The molecule has 0 aliphatic rings. The third-order valence-corrected chi connectivity index (χ3v) is 2.39. The third-order valence-electron chi connectivity index (χ3n) is 2.06. The minimum absolute atomic E-state index is 0.218. The molecule has 4 nitrogen and oxygen atoms in total. The Labute approximate surface area is 105 Å². The zero-order valence-corrected chi connectivity index (χ0v) is 10.4. The van der Waals surface area contributed by atoms with E-state index in [4.69, 9.17) is 11.6 Å². The van der Waals surface area contributed by atoms with E-state index in [0.29, 0.717) is 16.3 Å². The lowest BCUT2D eigenvalue weighted by atomic mass is 10.1. The van der Waals surface area contributed by atoms with Crippen LogP contribution in [0.4, 0.5) is 5.69 Å². The SMILES string of the molecule is C=CC(=O)Nc1ccc(Cl)c(C(=O)N(C)C)c1. The second-order valence-electron chi connectivity index (χ2n) is 3.59. The predicted octanol–water partition coefficient (Wildman–Crippen LogP) is 2.17. The molecule has 0 spiro atoms. The van der Waals surface area contributed by atoms with E-state index >= 15 is 0 Å². The summed E-state index contributed by atoms with van der Waals surface area (Å²) in [6.07, 6.45) is 1.15. The Hall–Kier alpha value is -1.81. The van der Waals surface area contributed by atoms with E-state index in [2.05, 4.69) is 11.9 Å². The number of halogens is 1. The number of amides is 2. The van der Waals surface area contributed by atoms with Crippen LogP contribution in [0, 0.1) is 0 Å². The molecule has 0 fully saturated rings. The van der Waals surface area contributed by atoms with E-state index in [-0.39, 0.29) is 11.8 Å². The van der Waals surface area contributed by atoms with E-state index in [9.17, 15) is 9.59 Å². The van der Waals surface area contributed by atoms with Crippen LogP contribution in [0.2, 0.25) is 5.02 Å². The molecule has 0 aromatic heterocycles. The van der Waals surface area contributed by atoms with Crippen molar-refractivity contribution in [3.63, 3.8) is 0 Å². The van der Waals surface area contributed by atoms with Crippen LogP contribution in [0.5, 0.6) is 0 Å². The van der Waals surface area contributed by atoms with Crippen LogP contribution in [0.1, 0.15) is 10.4 Å². The zero-order chi connectivity index (χ0) is 13.0. The number of hydrogen-bond donors (Lipinski definition) is 1. The van der Waals surface area contributed by atoms with E-state index in [1.165, 1.54) is 11.0 Å². The van der Waals surface area contributed by atoms with Gasteiger partial charge in [-0.1, -0.05) is 18.2 Å². The van der Waals surface area contributed by atoms with Crippen molar-refractivity contribution in [3.8, 4) is 0 Å². The lowest BCUT2D eigenvalue weighted by Crippen LogP contribution is -2.22. The molecule has 1 aromatic rings. The second kappa shape index (κ2) is 5.50. The van der Waals surface area contributed by atoms with E-state index < -0.39 is 0 Å². The maximum absolute atomic E-state index is 11.8. The van der Waals surface area contributed by atoms with Crippen molar-refractivity contribution in [1.82, 2.24) is 4.90 Å². The standard InChI is InChI=1S/C12H13ClN2O2/c1-4-11(16)14-8-5-6-10(13)9(7-8)12(17)15(2)3/h4-7H,1H2,2-3H3,(H,14,16). The summed E-state index contributed by atoms with van der Waals surface area (Å²) in [7, 11) is 3.27. The molecule has 0 saturated carbocycles. The highest BCUT2D eigenvalue weighted by Crippen LogP contribution is 2.21. The van der Waals surface area contributed by atoms with Crippen LogP contribution < -0.4 is 5.32 Å². The van der Waals surface area contributed by atoms with Gasteiger partial charge in [0, 0.05) is 19.8 Å². The monoisotopic (exact) mass is 252 g/mol. The van der Waals surface area contributed by atoms with Crippen LogP contribution in [0.15, 0.2) is 30.9 Å². The van der Waals surface area contributed by atoms with Gasteiger partial charge in [0.05, 0.1) is 10.6 Å². The zero-order valence-electron chi connectivity index (χ0n) is 9.66. The average Bonchev–Trinajstić information content (AvgIpc) is 2.30. The lowest BCUT2D eigenvalue weighted by molar-refractivity contribution is -0.111. The summed E-state index contributed by atoms with van der Waals surface area (Å²) in [6.45, 7) is 3.35. The van der Waals surface area contributed by atoms with Gasteiger partial charge >= 0.3 is 0 Å². The summed E-state index contributed by atoms with van der Waals surface area (Å²) < 4.78 is 0. The van der Waals surface area contributed by atoms with Gasteiger partial charge in [0.1, 0.15) is 0 Å². The molecule has 5 heteroatoms. The van der Waals surface area contributed by atoms with Crippen molar-refractivity contribution < 1.29 is 9.59 Å². The molecule has 17 heavy (non-hydrogen) atoms. The van der Waals surface area contributed by atoms with Crippen LogP contribution in [0.3, 0.4) is 0 Å². The molecule has 0 bridgehead atoms. The summed E-state index contributed by atoms with van der Waals surface area (Å²) in [5.74, 6) is -0.555. The molecule has 0 aliphatic heterocycles. The van der Waals surface area contributed by atoms with E-state index in [1.807, 2.05) is 0 Å². The fraction of sp³-hybridized carbons (Fsp3) is 0.167. The van der Waals surface area contributed by atoms with Crippen LogP contribution in [-0.4, -0.2) is 30.8 Å². The summed E-state index contributed by atoms with van der Waals surface area (Å²) >= 11 is 5.93. The molecule has 0 radical (unpaired) electrons. The Morgan fingerprint density at radius 1 is 1.41 bits per heavy atom. The molecule has 0 unspecified atom stereocenters. The molecule has 90 valence electrons. The molecule has 1 aromatic carbocycles. The maximum atomic E-state index is 11.8. The molecule has 0 atom stereocenters. The second-order valence-corrected chi connectivity index (χ2v) is 3.99. The van der Waals surface area contributed by atoms with Gasteiger partial charge in [0.25, 0.3) is 5.91 Å². The fourth-order valence-electron chi connectivity index (χ4n) is 1.20. The Kier molecular flexibility index (Phi) is 4.29. The molecular formula is C12H13ClN2O2. The average molecular weight is 253 g/mol. The fourth-order valence-corrected chi connectivity index (χ4v) is 1.40. The Morgan fingerprint density at radius 2 is 2.06 bits per heavy atom. The van der Waals surface area contributed by atoms with Gasteiger partial charge in [0.15, 0.2) is 0 Å². The topological polar surface area (TPSA) is 49.4 Å². The van der Waals surface area contributed by atoms with Gasteiger partial charge < -0.3 is 10.2 Å². The van der Waals surface area contributed by atoms with Gasteiger partial charge in [-0.25, -0.2) is 0 Å². The van der Waals surface area contributed by atoms with Gasteiger partial charge in [-0.05, 0) is 24.3 Å². The van der Waals surface area contributed by atoms with E-state index in [1.54, 1.807) is 26.2 Å². The number of carbonyl (C=O) groups excluding carboxylic acids is 2. The van der Waals surface area contributed by atoms with Gasteiger partial charge in [-0.3, -0.25) is 9.59 Å². The Bertz CT molecular complexity index is 470. The lowest BCUT2D eigenvalue weighted by Gasteiger charge is -2.12. The maximum Gasteiger partial charge on any atom is 0.254 e. The summed E-state index contributed by atoms with van der Waals surface area (Å²) in [5, 5.41) is 2.91. The first kappa shape index (κ1) is 13.3. The predicted molar refractivity (Wildman–Crippen MR) is 68.3 cm³/mol. The molecule has 2 amide bonds. The third kappa shape index (κ3) is 3.32. The minimum Gasteiger partial charge on any atom is -0.345 e. The molecule has 0 saturated heterocycles. The van der Waals surface area contributed by atoms with Crippen molar-refractivity contribution in [3.05, 3.63) is 41.4 Å². The molecule has 0 aliphatic carbocycles. The number of hydrogen-bond acceptors (Lipinski definition) is 2. The normalized spacial score (nSPS) is 9.59. The van der Waals surface area contributed by atoms with Crippen molar-refractivity contribution in [2.45, 2.75) is 0 Å². The van der Waals surface area contributed by atoms with Crippen LogP contribution in [0.25, 0.3) is 0 Å². The number of anilines is 1. The van der Waals surface area contributed by atoms with E-state index in [0.717, 1.165) is 6.08 Å². The summed E-state index contributed by atoms with van der Waals surface area (Å²) in [6, 6.07) is 4.72. The minimum atomic E-state index is -0.337.